The van der Waals surface area contributed by atoms with Crippen LogP contribution in [0.1, 0.15) is 5.69 Å². The lowest BCUT2D eigenvalue weighted by Gasteiger charge is -1.97. The van der Waals surface area contributed by atoms with Crippen molar-refractivity contribution in [2.75, 3.05) is 6.26 Å². The third-order valence-electron chi connectivity index (χ3n) is 2.11. The molecule has 0 aliphatic carbocycles. The topological polar surface area (TPSA) is 92.8 Å². The van der Waals surface area contributed by atoms with E-state index in [2.05, 4.69) is 9.38 Å². The highest BCUT2D eigenvalue weighted by Crippen LogP contribution is 2.29. The van der Waals surface area contributed by atoms with Gasteiger partial charge in [-0.05, 0) is 18.2 Å². The molecule has 1 aromatic heterocycles. The predicted octanol–water partition coefficient (Wildman–Crippen LogP) is 2.73. The van der Waals surface area contributed by atoms with Crippen LogP contribution in [0.4, 0.5) is 0 Å². The minimum absolute atomic E-state index is 0.0434. The smallest absolute Gasteiger partial charge is 0.312 e. The van der Waals surface area contributed by atoms with E-state index in [0.717, 1.165) is 12.5 Å². The van der Waals surface area contributed by atoms with Gasteiger partial charge in [0.1, 0.15) is 0 Å². The maximum absolute atomic E-state index is 10.9. The molecule has 0 fully saturated rings. The van der Waals surface area contributed by atoms with Crippen LogP contribution in [-0.2, 0) is 10.0 Å². The second-order valence-electron chi connectivity index (χ2n) is 3.84. The van der Waals surface area contributed by atoms with Gasteiger partial charge in [0.2, 0.25) is 15.9 Å². The molecule has 0 saturated carbocycles. The first-order valence-electron chi connectivity index (χ1n) is 5.16. The molecule has 6 nitrogen and oxygen atoms in total. The standard InChI is InChI=1S/C11H8Cl2N2O4S/c1-20(17,18)14-5-9-11(16)19-10(15-9)6-2-7(12)4-8(13)3-6/h2-5,16H,1H3/b14-5+. The quantitative estimate of drug-likeness (QED) is 0.871. The number of sulfonamides is 1. The number of halogens is 2. The molecule has 0 amide bonds. The van der Waals surface area contributed by atoms with E-state index < -0.39 is 16.0 Å². The minimum atomic E-state index is -3.57. The molecule has 0 aliphatic rings. The minimum Gasteiger partial charge on any atom is -0.479 e. The Bertz CT molecular complexity index is 763. The summed E-state index contributed by atoms with van der Waals surface area (Å²) in [5.74, 6) is -0.509. The zero-order chi connectivity index (χ0) is 14.9. The van der Waals surface area contributed by atoms with Crippen LogP contribution in [0.25, 0.3) is 11.5 Å². The summed E-state index contributed by atoms with van der Waals surface area (Å²) in [4.78, 5) is 3.92. The molecule has 1 heterocycles. The van der Waals surface area contributed by atoms with Crippen molar-refractivity contribution in [1.82, 2.24) is 4.98 Å². The Morgan fingerprint density at radius 2 is 1.90 bits per heavy atom. The zero-order valence-corrected chi connectivity index (χ0v) is 12.4. The summed E-state index contributed by atoms with van der Waals surface area (Å²) in [6, 6.07) is 4.60. The van der Waals surface area contributed by atoms with Gasteiger partial charge in [-0.1, -0.05) is 23.2 Å². The van der Waals surface area contributed by atoms with Crippen LogP contribution in [-0.4, -0.2) is 31.0 Å². The van der Waals surface area contributed by atoms with Crippen LogP contribution in [0, 0.1) is 0 Å². The fraction of sp³-hybridized carbons (Fsp3) is 0.0909. The van der Waals surface area contributed by atoms with Crippen LogP contribution in [0.5, 0.6) is 5.95 Å². The highest BCUT2D eigenvalue weighted by molar-refractivity contribution is 7.89. The average molecular weight is 335 g/mol. The van der Waals surface area contributed by atoms with Gasteiger partial charge in [-0.3, -0.25) is 0 Å². The molecule has 0 unspecified atom stereocenters. The molecule has 2 aromatic rings. The van der Waals surface area contributed by atoms with Gasteiger partial charge in [0.05, 0.1) is 12.5 Å². The largest absolute Gasteiger partial charge is 0.479 e. The van der Waals surface area contributed by atoms with Gasteiger partial charge in [0, 0.05) is 15.6 Å². The van der Waals surface area contributed by atoms with Crippen LogP contribution >= 0.6 is 23.2 Å². The second kappa shape index (κ2) is 5.43. The number of aromatic nitrogens is 1. The van der Waals surface area contributed by atoms with E-state index in [1.807, 2.05) is 0 Å². The Morgan fingerprint density at radius 1 is 1.30 bits per heavy atom. The normalized spacial score (nSPS) is 12.2. The lowest BCUT2D eigenvalue weighted by Crippen LogP contribution is -1.92. The summed E-state index contributed by atoms with van der Waals surface area (Å²) in [6.07, 6.45) is 1.81. The SMILES string of the molecule is CS(=O)(=O)/N=C/c1nc(-c2cc(Cl)cc(Cl)c2)oc1O. The molecule has 1 N–H and O–H groups in total. The van der Waals surface area contributed by atoms with E-state index in [4.69, 9.17) is 27.6 Å². The van der Waals surface area contributed by atoms with Gasteiger partial charge in [-0.25, -0.2) is 13.4 Å². The van der Waals surface area contributed by atoms with Crippen molar-refractivity contribution >= 4 is 39.4 Å². The molecule has 0 aliphatic heterocycles. The van der Waals surface area contributed by atoms with Crippen molar-refractivity contribution in [2.24, 2.45) is 4.40 Å². The maximum Gasteiger partial charge on any atom is 0.312 e. The third kappa shape index (κ3) is 3.72. The summed E-state index contributed by atoms with van der Waals surface area (Å²) in [5.41, 5.74) is 0.332. The molecule has 106 valence electrons. The summed E-state index contributed by atoms with van der Waals surface area (Å²) in [5, 5.41) is 10.3. The molecule has 0 atom stereocenters. The Morgan fingerprint density at radius 3 is 2.45 bits per heavy atom. The molecular formula is C11H8Cl2N2O4S. The molecule has 0 saturated heterocycles. The van der Waals surface area contributed by atoms with Gasteiger partial charge in [-0.15, -0.1) is 0 Å². The predicted molar refractivity (Wildman–Crippen MR) is 76.1 cm³/mol. The Balaban J connectivity index is 2.43. The van der Waals surface area contributed by atoms with E-state index in [-0.39, 0.29) is 11.6 Å². The Labute approximate surface area is 124 Å². The van der Waals surface area contributed by atoms with Crippen LogP contribution < -0.4 is 0 Å². The first-order chi connectivity index (χ1) is 9.24. The monoisotopic (exact) mass is 334 g/mol. The molecule has 20 heavy (non-hydrogen) atoms. The lowest BCUT2D eigenvalue weighted by molar-refractivity contribution is 0.337. The fourth-order valence-electron chi connectivity index (χ4n) is 1.35. The van der Waals surface area contributed by atoms with Gasteiger partial charge in [-0.2, -0.15) is 4.40 Å². The molecule has 1 aromatic carbocycles. The molecule has 0 bridgehead atoms. The van der Waals surface area contributed by atoms with E-state index in [9.17, 15) is 13.5 Å². The Hall–Kier alpha value is -1.57. The first kappa shape index (κ1) is 14.8. The summed E-state index contributed by atoms with van der Waals surface area (Å²) >= 11 is 11.7. The number of rotatable bonds is 3. The van der Waals surface area contributed by atoms with E-state index in [0.29, 0.717) is 15.6 Å². The number of hydrogen-bond acceptors (Lipinski definition) is 5. The van der Waals surface area contributed by atoms with Crippen molar-refractivity contribution < 1.29 is 17.9 Å². The third-order valence-corrected chi connectivity index (χ3v) is 3.04. The first-order valence-corrected chi connectivity index (χ1v) is 7.76. The summed E-state index contributed by atoms with van der Waals surface area (Å²) in [7, 11) is -3.57. The van der Waals surface area contributed by atoms with E-state index in [1.54, 1.807) is 0 Å². The van der Waals surface area contributed by atoms with Gasteiger partial charge in [0.15, 0.2) is 5.69 Å². The number of hydrogen-bond donors (Lipinski definition) is 1. The van der Waals surface area contributed by atoms with Crippen LogP contribution in [0.3, 0.4) is 0 Å². The zero-order valence-electron chi connectivity index (χ0n) is 10.0. The van der Waals surface area contributed by atoms with Crippen molar-refractivity contribution in [3.63, 3.8) is 0 Å². The number of nitrogens with zero attached hydrogens (tertiary/aromatic N) is 2. The Kier molecular flexibility index (Phi) is 4.03. The summed E-state index contributed by atoms with van der Waals surface area (Å²) < 4.78 is 30.1. The fourth-order valence-corrected chi connectivity index (χ4v) is 2.17. The number of benzene rings is 1. The van der Waals surface area contributed by atoms with Gasteiger partial charge < -0.3 is 9.52 Å². The number of aromatic hydroxyl groups is 1. The van der Waals surface area contributed by atoms with Gasteiger partial charge in [0.25, 0.3) is 0 Å². The molecular weight excluding hydrogens is 327 g/mol. The highest BCUT2D eigenvalue weighted by atomic mass is 35.5. The molecule has 0 spiro atoms. The molecule has 2 rings (SSSR count). The molecule has 9 heteroatoms. The highest BCUT2D eigenvalue weighted by Gasteiger charge is 2.14. The summed E-state index contributed by atoms with van der Waals surface area (Å²) in [6.45, 7) is 0. The van der Waals surface area contributed by atoms with Crippen LogP contribution in [0.2, 0.25) is 10.0 Å². The average Bonchev–Trinajstić information content (AvgIpc) is 2.66. The van der Waals surface area contributed by atoms with Crippen molar-refractivity contribution in [2.45, 2.75) is 0 Å². The van der Waals surface area contributed by atoms with Gasteiger partial charge >= 0.3 is 5.95 Å². The van der Waals surface area contributed by atoms with Crippen molar-refractivity contribution in [3.8, 4) is 17.4 Å². The van der Waals surface area contributed by atoms with Crippen molar-refractivity contribution in [1.29, 1.82) is 0 Å². The van der Waals surface area contributed by atoms with E-state index >= 15 is 0 Å². The van der Waals surface area contributed by atoms with Crippen LogP contribution in [0.15, 0.2) is 27.0 Å². The maximum atomic E-state index is 10.9. The molecule has 0 radical (unpaired) electrons. The van der Waals surface area contributed by atoms with Crippen molar-refractivity contribution in [3.05, 3.63) is 33.9 Å². The van der Waals surface area contributed by atoms with E-state index in [1.165, 1.54) is 18.2 Å². The number of oxazole rings is 1. The second-order valence-corrected chi connectivity index (χ2v) is 6.38. The lowest BCUT2D eigenvalue weighted by atomic mass is 10.2.